The summed E-state index contributed by atoms with van der Waals surface area (Å²) in [4.78, 5) is 36.6. The van der Waals surface area contributed by atoms with E-state index in [-0.39, 0.29) is 21.0 Å². The average Bonchev–Trinajstić information content (AvgIpc) is 2.97. The van der Waals surface area contributed by atoms with Crippen LogP contribution >= 0.6 is 11.3 Å². The summed E-state index contributed by atoms with van der Waals surface area (Å²) in [5.74, 6) is -2.80. The molecule has 0 spiro atoms. The van der Waals surface area contributed by atoms with Crippen LogP contribution in [0, 0.1) is 6.92 Å². The molecule has 10 heteroatoms. The Morgan fingerprint density at radius 2 is 1.79 bits per heavy atom. The summed E-state index contributed by atoms with van der Waals surface area (Å²) in [6.07, 6.45) is -4.17. The Labute approximate surface area is 168 Å². The summed E-state index contributed by atoms with van der Waals surface area (Å²) in [5, 5.41) is 2.68. The van der Waals surface area contributed by atoms with Crippen molar-refractivity contribution in [2.45, 2.75) is 32.4 Å². The van der Waals surface area contributed by atoms with Crippen molar-refractivity contribution in [3.05, 3.63) is 51.4 Å². The molecule has 1 aromatic carbocycles. The first-order valence-electron chi connectivity index (χ1n) is 8.50. The van der Waals surface area contributed by atoms with Crippen molar-refractivity contribution >= 4 is 34.1 Å². The molecule has 1 aromatic heterocycles. The van der Waals surface area contributed by atoms with E-state index in [1.54, 1.807) is 6.92 Å². The van der Waals surface area contributed by atoms with Gasteiger partial charge in [0.15, 0.2) is 0 Å². The zero-order chi connectivity index (χ0) is 21.9. The summed E-state index contributed by atoms with van der Waals surface area (Å²) >= 11 is 0.839. The number of thiophene rings is 1. The first-order chi connectivity index (χ1) is 13.5. The number of benzene rings is 1. The molecule has 1 unspecified atom stereocenters. The van der Waals surface area contributed by atoms with Crippen molar-refractivity contribution in [3.8, 4) is 0 Å². The Balaban J connectivity index is 2.36. The number of methoxy groups -OCH3 is 1. The second-order valence-electron chi connectivity index (χ2n) is 6.19. The maximum atomic E-state index is 12.8. The molecule has 0 fully saturated rings. The molecule has 2 aromatic rings. The van der Waals surface area contributed by atoms with Gasteiger partial charge in [0, 0.05) is 0 Å². The van der Waals surface area contributed by atoms with Crippen molar-refractivity contribution in [2.24, 2.45) is 5.73 Å². The van der Waals surface area contributed by atoms with Gasteiger partial charge in [0.25, 0.3) is 5.91 Å². The molecular weight excluding hydrogens is 409 g/mol. The largest absolute Gasteiger partial charge is 0.465 e. The molecule has 1 atom stereocenters. The van der Waals surface area contributed by atoms with Crippen molar-refractivity contribution < 1.29 is 32.3 Å². The van der Waals surface area contributed by atoms with Crippen LogP contribution < -0.4 is 11.1 Å². The lowest BCUT2D eigenvalue weighted by Crippen LogP contribution is -2.21. The lowest BCUT2D eigenvalue weighted by atomic mass is 9.94. The van der Waals surface area contributed by atoms with E-state index in [1.807, 2.05) is 0 Å². The number of esters is 1. The maximum absolute atomic E-state index is 12.8. The van der Waals surface area contributed by atoms with Crippen LogP contribution in [0.4, 0.5) is 18.2 Å². The second kappa shape index (κ2) is 8.64. The van der Waals surface area contributed by atoms with Gasteiger partial charge in [-0.1, -0.05) is 19.1 Å². The lowest BCUT2D eigenvalue weighted by molar-refractivity contribution is -0.137. The third-order valence-electron chi connectivity index (χ3n) is 4.36. The van der Waals surface area contributed by atoms with Crippen LogP contribution in [0.25, 0.3) is 0 Å². The van der Waals surface area contributed by atoms with E-state index in [0.717, 1.165) is 30.6 Å². The van der Waals surface area contributed by atoms with Crippen LogP contribution in [-0.4, -0.2) is 24.9 Å². The van der Waals surface area contributed by atoms with E-state index in [1.165, 1.54) is 19.1 Å². The Kier molecular flexibility index (Phi) is 6.68. The van der Waals surface area contributed by atoms with Gasteiger partial charge in [-0.2, -0.15) is 13.2 Å². The highest BCUT2D eigenvalue weighted by Crippen LogP contribution is 2.35. The van der Waals surface area contributed by atoms with Crippen LogP contribution in [-0.2, 0) is 15.7 Å². The number of amides is 2. The summed E-state index contributed by atoms with van der Waals surface area (Å²) in [6.45, 7) is 3.21. The van der Waals surface area contributed by atoms with E-state index in [2.05, 4.69) is 5.32 Å². The molecule has 0 aliphatic heterocycles. The van der Waals surface area contributed by atoms with Crippen LogP contribution in [0.2, 0.25) is 0 Å². The molecule has 0 aliphatic carbocycles. The third-order valence-corrected chi connectivity index (χ3v) is 5.58. The first-order valence-corrected chi connectivity index (χ1v) is 9.32. The number of primary amides is 1. The molecule has 2 amide bonds. The van der Waals surface area contributed by atoms with E-state index in [0.29, 0.717) is 12.0 Å². The number of rotatable bonds is 6. The normalized spacial score (nSPS) is 12.3. The van der Waals surface area contributed by atoms with Crippen LogP contribution in [0.1, 0.15) is 56.0 Å². The van der Waals surface area contributed by atoms with Gasteiger partial charge in [0.1, 0.15) is 5.00 Å². The number of carbonyl (C=O) groups excluding carboxylic acids is 3. The number of hydrogen-bond acceptors (Lipinski definition) is 5. The molecule has 6 nitrogen and oxygen atoms in total. The first kappa shape index (κ1) is 22.4. The van der Waals surface area contributed by atoms with Crippen molar-refractivity contribution in [3.63, 3.8) is 0 Å². The van der Waals surface area contributed by atoms with Gasteiger partial charge < -0.3 is 15.8 Å². The van der Waals surface area contributed by atoms with E-state index in [9.17, 15) is 27.6 Å². The molecule has 0 aliphatic rings. The average molecular weight is 428 g/mol. The Bertz CT molecular complexity index is 936. The topological polar surface area (TPSA) is 98.5 Å². The summed E-state index contributed by atoms with van der Waals surface area (Å²) < 4.78 is 43.0. The fourth-order valence-electron chi connectivity index (χ4n) is 2.86. The van der Waals surface area contributed by atoms with Crippen LogP contribution in [0.15, 0.2) is 24.3 Å². The zero-order valence-corrected chi connectivity index (χ0v) is 16.7. The number of carbonyl (C=O) groups is 3. The number of anilines is 1. The molecule has 29 heavy (non-hydrogen) atoms. The Morgan fingerprint density at radius 1 is 1.21 bits per heavy atom. The standard InChI is InChI=1S/C19H19F3N2O4S/c1-4-12(10-5-7-11(8-6-10)19(20,21)22)16(26)24-17-13(18(27)28-3)9(2)14(29-17)15(23)25/h5-8,12H,4H2,1-3H3,(H2,23,25)(H,24,26). The Morgan fingerprint density at radius 3 is 2.24 bits per heavy atom. The highest BCUT2D eigenvalue weighted by atomic mass is 32.1. The van der Waals surface area contributed by atoms with Crippen LogP contribution in [0.3, 0.4) is 0 Å². The number of nitrogens with one attached hydrogen (secondary N) is 1. The van der Waals surface area contributed by atoms with Crippen LogP contribution in [0.5, 0.6) is 0 Å². The zero-order valence-electron chi connectivity index (χ0n) is 15.8. The quantitative estimate of drug-likeness (QED) is 0.677. The fraction of sp³-hybridized carbons (Fsp3) is 0.316. The third kappa shape index (κ3) is 4.76. The molecule has 2 rings (SSSR count). The predicted molar refractivity (Wildman–Crippen MR) is 102 cm³/mol. The number of alkyl halides is 3. The van der Waals surface area contributed by atoms with Gasteiger partial charge in [-0.25, -0.2) is 4.79 Å². The van der Waals surface area contributed by atoms with Crippen molar-refractivity contribution in [1.82, 2.24) is 0 Å². The SMILES string of the molecule is CCC(C(=O)Nc1sc(C(N)=O)c(C)c1C(=O)OC)c1ccc(C(F)(F)F)cc1. The summed E-state index contributed by atoms with van der Waals surface area (Å²) in [6, 6.07) is 4.30. The monoisotopic (exact) mass is 428 g/mol. The number of hydrogen-bond donors (Lipinski definition) is 2. The second-order valence-corrected chi connectivity index (χ2v) is 7.21. The highest BCUT2D eigenvalue weighted by molar-refractivity contribution is 7.18. The molecular formula is C19H19F3N2O4S. The molecule has 3 N–H and O–H groups in total. The van der Waals surface area contributed by atoms with Gasteiger partial charge in [-0.05, 0) is 36.6 Å². The molecule has 0 saturated carbocycles. The number of nitrogens with two attached hydrogens (primary N) is 1. The molecule has 0 bridgehead atoms. The molecule has 0 radical (unpaired) electrons. The van der Waals surface area contributed by atoms with Crippen molar-refractivity contribution in [2.75, 3.05) is 12.4 Å². The van der Waals surface area contributed by atoms with E-state index < -0.39 is 35.4 Å². The number of halogens is 3. The minimum atomic E-state index is -4.47. The van der Waals surface area contributed by atoms with Crippen molar-refractivity contribution in [1.29, 1.82) is 0 Å². The maximum Gasteiger partial charge on any atom is 0.416 e. The number of ether oxygens (including phenoxy) is 1. The van der Waals surface area contributed by atoms with Gasteiger partial charge in [-0.15, -0.1) is 11.3 Å². The van der Waals surface area contributed by atoms with Gasteiger partial charge in [0.2, 0.25) is 5.91 Å². The smallest absolute Gasteiger partial charge is 0.416 e. The Hall–Kier alpha value is -2.88. The predicted octanol–water partition coefficient (Wildman–Crippen LogP) is 4.09. The summed E-state index contributed by atoms with van der Waals surface area (Å²) in [7, 11) is 1.16. The fourth-order valence-corrected chi connectivity index (χ4v) is 3.91. The molecule has 1 heterocycles. The van der Waals surface area contributed by atoms with E-state index >= 15 is 0 Å². The molecule has 156 valence electrons. The minimum Gasteiger partial charge on any atom is -0.465 e. The van der Waals surface area contributed by atoms with E-state index in [4.69, 9.17) is 10.5 Å². The lowest BCUT2D eigenvalue weighted by Gasteiger charge is -2.16. The van der Waals surface area contributed by atoms with Gasteiger partial charge in [0.05, 0.1) is 29.0 Å². The highest BCUT2D eigenvalue weighted by Gasteiger charge is 2.31. The summed E-state index contributed by atoms with van der Waals surface area (Å²) in [5.41, 5.74) is 5.18. The minimum absolute atomic E-state index is 0.0157. The van der Waals surface area contributed by atoms with Gasteiger partial charge in [-0.3, -0.25) is 9.59 Å². The molecule has 0 saturated heterocycles. The van der Waals surface area contributed by atoms with Gasteiger partial charge >= 0.3 is 12.1 Å².